The first-order valence-corrected chi connectivity index (χ1v) is 9.16. The van der Waals surface area contributed by atoms with Crippen LogP contribution in [0.1, 0.15) is 22.8 Å². The summed E-state index contributed by atoms with van der Waals surface area (Å²) in [7, 11) is 0. The second kappa shape index (κ2) is 7.32. The number of aromatic nitrogens is 3. The van der Waals surface area contributed by atoms with Crippen molar-refractivity contribution in [2.75, 3.05) is 0 Å². The molecule has 122 valence electrons. The third-order valence-electron chi connectivity index (χ3n) is 3.57. The number of aryl methyl sites for hydroxylation is 1. The van der Waals surface area contributed by atoms with Crippen LogP contribution < -0.4 is 0 Å². The molecular formula is C18H16BrN3OS. The van der Waals surface area contributed by atoms with E-state index in [2.05, 4.69) is 31.1 Å². The van der Waals surface area contributed by atoms with Crippen LogP contribution >= 0.6 is 27.7 Å². The zero-order valence-corrected chi connectivity index (χ0v) is 15.7. The molecule has 0 amide bonds. The number of hydrogen-bond donors (Lipinski definition) is 1. The molecule has 0 aliphatic heterocycles. The van der Waals surface area contributed by atoms with Crippen LogP contribution in [0.5, 0.6) is 0 Å². The first-order chi connectivity index (χ1) is 11.5. The van der Waals surface area contributed by atoms with E-state index in [-0.39, 0.29) is 11.0 Å². The number of ketones is 1. The number of thioether (sulfide) groups is 1. The number of benzene rings is 2. The fourth-order valence-corrected chi connectivity index (χ4v) is 3.27. The first kappa shape index (κ1) is 16.9. The van der Waals surface area contributed by atoms with E-state index in [4.69, 9.17) is 0 Å². The van der Waals surface area contributed by atoms with Gasteiger partial charge in [0.15, 0.2) is 11.6 Å². The standard InChI is InChI=1S/C18H16BrN3OS/c1-11-3-5-14(6-4-11)17-20-18(22-21-17)24-12(2)16(23)13-7-9-15(19)10-8-13/h3-10,12H,1-2H3,(H,20,21,22)/t12-/m1/s1. The van der Waals surface area contributed by atoms with E-state index in [0.717, 1.165) is 10.0 Å². The van der Waals surface area contributed by atoms with Crippen molar-refractivity contribution in [1.82, 2.24) is 15.2 Å². The number of carbonyl (C=O) groups excluding carboxylic acids is 1. The number of nitrogens with zero attached hydrogens (tertiary/aromatic N) is 2. The molecule has 1 heterocycles. The second-order valence-corrected chi connectivity index (χ2v) is 7.69. The summed E-state index contributed by atoms with van der Waals surface area (Å²) >= 11 is 4.73. The van der Waals surface area contributed by atoms with Crippen molar-refractivity contribution < 1.29 is 4.79 Å². The summed E-state index contributed by atoms with van der Waals surface area (Å²) in [5.74, 6) is 0.773. The largest absolute Gasteiger partial charge is 0.293 e. The minimum atomic E-state index is -0.257. The molecule has 0 unspecified atom stereocenters. The summed E-state index contributed by atoms with van der Waals surface area (Å²) < 4.78 is 0.955. The van der Waals surface area contributed by atoms with Gasteiger partial charge in [0.1, 0.15) is 0 Å². The molecule has 4 nitrogen and oxygen atoms in total. The van der Waals surface area contributed by atoms with Crippen LogP contribution in [-0.4, -0.2) is 26.2 Å². The highest BCUT2D eigenvalue weighted by atomic mass is 79.9. The van der Waals surface area contributed by atoms with Gasteiger partial charge < -0.3 is 0 Å². The number of carbonyl (C=O) groups is 1. The molecule has 0 saturated heterocycles. The van der Waals surface area contributed by atoms with Gasteiger partial charge in [-0.2, -0.15) is 0 Å². The average molecular weight is 402 g/mol. The van der Waals surface area contributed by atoms with Crippen molar-refractivity contribution in [3.05, 3.63) is 64.1 Å². The molecule has 0 saturated carbocycles. The number of aromatic amines is 1. The summed E-state index contributed by atoms with van der Waals surface area (Å²) in [6.45, 7) is 3.91. The van der Waals surface area contributed by atoms with Crippen molar-refractivity contribution in [1.29, 1.82) is 0 Å². The monoisotopic (exact) mass is 401 g/mol. The van der Waals surface area contributed by atoms with Crippen LogP contribution in [0.25, 0.3) is 11.4 Å². The SMILES string of the molecule is Cc1ccc(-c2nc(S[C@H](C)C(=O)c3ccc(Br)cc3)n[nH]2)cc1. The van der Waals surface area contributed by atoms with E-state index in [9.17, 15) is 4.79 Å². The highest BCUT2D eigenvalue weighted by molar-refractivity contribution is 9.10. The molecule has 6 heteroatoms. The Morgan fingerprint density at radius 2 is 1.79 bits per heavy atom. The first-order valence-electron chi connectivity index (χ1n) is 7.49. The fourth-order valence-electron chi connectivity index (χ4n) is 2.20. The highest BCUT2D eigenvalue weighted by Gasteiger charge is 2.19. The molecule has 0 bridgehead atoms. The van der Waals surface area contributed by atoms with E-state index in [1.54, 1.807) is 0 Å². The minimum absolute atomic E-state index is 0.0641. The molecule has 1 N–H and O–H groups in total. The molecule has 0 spiro atoms. The topological polar surface area (TPSA) is 58.6 Å². The van der Waals surface area contributed by atoms with Crippen LogP contribution in [0.4, 0.5) is 0 Å². The van der Waals surface area contributed by atoms with E-state index in [0.29, 0.717) is 16.5 Å². The Kier molecular flexibility index (Phi) is 5.16. The van der Waals surface area contributed by atoms with Gasteiger partial charge in [-0.15, -0.1) is 5.10 Å². The van der Waals surface area contributed by atoms with Gasteiger partial charge in [0.05, 0.1) is 5.25 Å². The molecule has 0 aliphatic rings. The van der Waals surface area contributed by atoms with Crippen LogP contribution in [0.2, 0.25) is 0 Å². The predicted molar refractivity (Wildman–Crippen MR) is 100 cm³/mol. The van der Waals surface area contributed by atoms with Gasteiger partial charge in [-0.1, -0.05) is 69.7 Å². The number of H-pyrrole nitrogens is 1. The van der Waals surface area contributed by atoms with Gasteiger partial charge in [-0.25, -0.2) is 4.98 Å². The summed E-state index contributed by atoms with van der Waals surface area (Å²) in [4.78, 5) is 16.9. The quantitative estimate of drug-likeness (QED) is 0.487. The number of hydrogen-bond acceptors (Lipinski definition) is 4. The van der Waals surface area contributed by atoms with E-state index >= 15 is 0 Å². The molecule has 0 radical (unpaired) electrons. The Morgan fingerprint density at radius 3 is 2.46 bits per heavy atom. The van der Waals surface area contributed by atoms with Gasteiger partial charge in [0.25, 0.3) is 0 Å². The van der Waals surface area contributed by atoms with Gasteiger partial charge >= 0.3 is 0 Å². The average Bonchev–Trinajstić information content (AvgIpc) is 3.04. The van der Waals surface area contributed by atoms with Crippen LogP contribution in [0, 0.1) is 6.92 Å². The predicted octanol–water partition coefficient (Wildman–Crippen LogP) is 4.91. The third kappa shape index (κ3) is 3.94. The van der Waals surface area contributed by atoms with Crippen molar-refractivity contribution in [3.8, 4) is 11.4 Å². The summed E-state index contributed by atoms with van der Waals surface area (Å²) in [5, 5.41) is 7.46. The van der Waals surface area contributed by atoms with Crippen molar-refractivity contribution in [2.24, 2.45) is 0 Å². The zero-order chi connectivity index (χ0) is 17.1. The number of Topliss-reactive ketones (excluding diaryl/α,β-unsaturated/α-hetero) is 1. The smallest absolute Gasteiger partial charge is 0.209 e. The maximum absolute atomic E-state index is 12.5. The summed E-state index contributed by atoms with van der Waals surface area (Å²) in [6, 6.07) is 15.4. The Morgan fingerprint density at radius 1 is 1.12 bits per heavy atom. The second-order valence-electron chi connectivity index (χ2n) is 5.46. The summed E-state index contributed by atoms with van der Waals surface area (Å²) in [5.41, 5.74) is 2.86. The Bertz CT molecular complexity index is 843. The molecule has 0 fully saturated rings. The van der Waals surface area contributed by atoms with Crippen molar-refractivity contribution >= 4 is 33.5 Å². The van der Waals surface area contributed by atoms with Gasteiger partial charge in [-0.05, 0) is 26.0 Å². The maximum Gasteiger partial charge on any atom is 0.209 e. The van der Waals surface area contributed by atoms with E-state index < -0.39 is 0 Å². The lowest BCUT2D eigenvalue weighted by Gasteiger charge is -2.07. The Labute approximate surface area is 153 Å². The Hall–Kier alpha value is -1.92. The molecule has 1 aromatic heterocycles. The van der Waals surface area contributed by atoms with Crippen molar-refractivity contribution in [3.63, 3.8) is 0 Å². The Balaban J connectivity index is 1.70. The number of nitrogens with one attached hydrogen (secondary N) is 1. The minimum Gasteiger partial charge on any atom is -0.293 e. The number of rotatable bonds is 5. The fraction of sp³-hybridized carbons (Fsp3) is 0.167. The third-order valence-corrected chi connectivity index (χ3v) is 5.06. The van der Waals surface area contributed by atoms with Crippen LogP contribution in [-0.2, 0) is 0 Å². The molecule has 3 rings (SSSR count). The lowest BCUT2D eigenvalue weighted by molar-refractivity contribution is 0.0994. The normalized spacial score (nSPS) is 12.1. The molecule has 24 heavy (non-hydrogen) atoms. The van der Waals surface area contributed by atoms with Gasteiger partial charge in [0, 0.05) is 15.6 Å². The molecular weight excluding hydrogens is 386 g/mol. The number of halogens is 1. The molecule has 3 aromatic rings. The lowest BCUT2D eigenvalue weighted by atomic mass is 10.1. The van der Waals surface area contributed by atoms with Gasteiger partial charge in [0.2, 0.25) is 5.16 Å². The molecule has 2 aromatic carbocycles. The van der Waals surface area contributed by atoms with E-state index in [1.165, 1.54) is 17.3 Å². The maximum atomic E-state index is 12.5. The van der Waals surface area contributed by atoms with E-state index in [1.807, 2.05) is 62.4 Å². The van der Waals surface area contributed by atoms with Gasteiger partial charge in [-0.3, -0.25) is 9.89 Å². The zero-order valence-electron chi connectivity index (χ0n) is 13.3. The molecule has 1 atom stereocenters. The lowest BCUT2D eigenvalue weighted by Crippen LogP contribution is -2.13. The highest BCUT2D eigenvalue weighted by Crippen LogP contribution is 2.25. The van der Waals surface area contributed by atoms with Crippen LogP contribution in [0.15, 0.2) is 58.2 Å². The van der Waals surface area contributed by atoms with Crippen molar-refractivity contribution in [2.45, 2.75) is 24.3 Å². The van der Waals surface area contributed by atoms with Crippen LogP contribution in [0.3, 0.4) is 0 Å². The molecule has 0 aliphatic carbocycles. The summed E-state index contributed by atoms with van der Waals surface area (Å²) in [6.07, 6.45) is 0.